The highest BCUT2D eigenvalue weighted by Crippen LogP contribution is 2.48. The number of ether oxygens (including phenoxy) is 1. The summed E-state index contributed by atoms with van der Waals surface area (Å²) in [5.41, 5.74) is 11.9. The Bertz CT molecular complexity index is 2570. The molecule has 0 bridgehead atoms. The third-order valence-electron chi connectivity index (χ3n) is 11.3. The van der Waals surface area contributed by atoms with Gasteiger partial charge in [-0.25, -0.2) is 27.6 Å². The fourth-order valence-electron chi connectivity index (χ4n) is 7.91. The molecule has 4 aromatic rings. The maximum absolute atomic E-state index is 15.2. The number of unbranched alkanes of at least 4 members (excludes halogenated alkanes) is 1. The summed E-state index contributed by atoms with van der Waals surface area (Å²) < 4.78 is 49.5. The van der Waals surface area contributed by atoms with Crippen LogP contribution in [0.2, 0.25) is 0 Å². The molecule has 5 amide bonds. The molecule has 66 heavy (non-hydrogen) atoms. The summed E-state index contributed by atoms with van der Waals surface area (Å²) in [6, 6.07) is 23.6. The molecule has 18 heteroatoms. The van der Waals surface area contributed by atoms with Gasteiger partial charge in [-0.15, -0.1) is 0 Å². The third-order valence-corrected chi connectivity index (χ3v) is 13.2. The number of carbonyl (C=O) groups is 5. The second kappa shape index (κ2) is 20.4. The topological polar surface area (TPSA) is 244 Å². The number of hydrazine groups is 1. The van der Waals surface area contributed by atoms with Crippen molar-refractivity contribution in [2.45, 2.75) is 101 Å². The number of sulfone groups is 1. The number of benzene rings is 4. The van der Waals surface area contributed by atoms with Gasteiger partial charge in [0.15, 0.2) is 6.10 Å². The van der Waals surface area contributed by atoms with E-state index in [0.29, 0.717) is 23.1 Å². The van der Waals surface area contributed by atoms with Gasteiger partial charge >= 0.3 is 6.09 Å². The quantitative estimate of drug-likeness (QED) is 0.0820. The number of halogens is 1. The number of fused-ring (bicyclic) bond motifs is 1. The molecule has 6 rings (SSSR count). The lowest BCUT2D eigenvalue weighted by atomic mass is 9.85. The monoisotopic (exact) mass is 925 g/mol. The average molecular weight is 926 g/mol. The Morgan fingerprint density at radius 1 is 0.909 bits per heavy atom. The van der Waals surface area contributed by atoms with Crippen molar-refractivity contribution >= 4 is 39.6 Å². The number of nitrogens with zero attached hydrogens (tertiary/aromatic N) is 2. The van der Waals surface area contributed by atoms with E-state index in [-0.39, 0.29) is 55.8 Å². The summed E-state index contributed by atoms with van der Waals surface area (Å²) in [6.45, 7) is 7.02. The number of carbonyl (C=O) groups excluding carboxylic acids is 5. The molecule has 8 N–H and O–H groups in total. The van der Waals surface area contributed by atoms with Crippen molar-refractivity contribution in [3.63, 3.8) is 0 Å². The normalized spacial score (nSPS) is 18.6. The van der Waals surface area contributed by atoms with Crippen LogP contribution in [0.4, 0.5) is 9.18 Å². The lowest BCUT2D eigenvalue weighted by molar-refractivity contribution is -0.160. The first kappa shape index (κ1) is 49.0. The van der Waals surface area contributed by atoms with E-state index in [2.05, 4.69) is 16.0 Å². The van der Waals surface area contributed by atoms with Crippen LogP contribution in [-0.2, 0) is 41.9 Å². The van der Waals surface area contributed by atoms with E-state index in [0.717, 1.165) is 10.6 Å². The number of rotatable bonds is 17. The van der Waals surface area contributed by atoms with Gasteiger partial charge < -0.3 is 37.3 Å². The predicted octanol–water partition coefficient (Wildman–Crippen LogP) is 4.22. The summed E-state index contributed by atoms with van der Waals surface area (Å²) in [7, 11) is -4.62. The van der Waals surface area contributed by atoms with Crippen molar-refractivity contribution < 1.29 is 46.6 Å². The first-order valence-corrected chi connectivity index (χ1v) is 23.0. The van der Waals surface area contributed by atoms with E-state index in [4.69, 9.17) is 16.2 Å². The van der Waals surface area contributed by atoms with Crippen LogP contribution in [0.1, 0.15) is 85.1 Å². The standard InChI is InChI=1S/C48H56FN7O9S/c1-30-13-23-36(24-14-30)66(63,64)41-38(33-10-6-5-7-11-33)55-27-25-48(51,28-31-17-21-35(49)22-18-31)45(61)56(55)39(41)43(59)54-37(12-8-9-26-52-46(62)65-47(2,3)4)40(57)44(60)53-29-32-15-19-34(20-16-32)42(50)58/h5-7,10-11,13-24,37-38,40,57H,8-9,12,25-29,51H2,1-4H3,(H2,50,58)(H,52,62)(H,53,60)(H,54,59)/t37-,38?,40?,48?/m0/s1. The van der Waals surface area contributed by atoms with Gasteiger partial charge in [-0.1, -0.05) is 72.3 Å². The van der Waals surface area contributed by atoms with Gasteiger partial charge in [0.05, 0.1) is 17.0 Å². The summed E-state index contributed by atoms with van der Waals surface area (Å²) in [5.74, 6) is -3.91. The van der Waals surface area contributed by atoms with Gasteiger partial charge in [-0.05, 0) is 113 Å². The molecule has 0 radical (unpaired) electrons. The molecule has 4 atom stereocenters. The Kier molecular flexibility index (Phi) is 15.1. The average Bonchev–Trinajstić information content (AvgIpc) is 3.64. The first-order valence-electron chi connectivity index (χ1n) is 21.6. The van der Waals surface area contributed by atoms with Gasteiger partial charge in [-0.3, -0.25) is 19.2 Å². The van der Waals surface area contributed by atoms with Crippen LogP contribution in [0.15, 0.2) is 119 Å². The second-order valence-electron chi connectivity index (χ2n) is 17.6. The van der Waals surface area contributed by atoms with Crippen molar-refractivity contribution in [3.05, 3.63) is 147 Å². The van der Waals surface area contributed by atoms with Crippen molar-refractivity contribution in [1.29, 1.82) is 0 Å². The minimum atomic E-state index is -4.62. The Balaban J connectivity index is 1.40. The van der Waals surface area contributed by atoms with Crippen LogP contribution < -0.4 is 27.4 Å². The number of aliphatic hydroxyl groups excluding tert-OH is 1. The minimum Gasteiger partial charge on any atom is -0.444 e. The zero-order valence-corrected chi connectivity index (χ0v) is 38.1. The van der Waals surface area contributed by atoms with Crippen molar-refractivity contribution in [1.82, 2.24) is 26.0 Å². The minimum absolute atomic E-state index is 0.00617. The van der Waals surface area contributed by atoms with Crippen molar-refractivity contribution in [2.75, 3.05) is 13.1 Å². The second-order valence-corrected chi connectivity index (χ2v) is 19.5. The molecule has 0 aliphatic carbocycles. The highest BCUT2D eigenvalue weighted by Gasteiger charge is 2.57. The highest BCUT2D eigenvalue weighted by molar-refractivity contribution is 7.95. The lowest BCUT2D eigenvalue weighted by Crippen LogP contribution is -2.65. The molecule has 16 nitrogen and oxygen atoms in total. The number of primary amides is 1. The molecule has 0 saturated carbocycles. The Labute approximate surface area is 383 Å². The molecule has 0 aromatic heterocycles. The molecule has 1 fully saturated rings. The molecule has 1 saturated heterocycles. The molecule has 3 unspecified atom stereocenters. The number of hydrogen-bond donors (Lipinski definition) is 6. The summed E-state index contributed by atoms with van der Waals surface area (Å²) in [4.78, 5) is 67.3. The Hall–Kier alpha value is -6.47. The van der Waals surface area contributed by atoms with E-state index < -0.39 is 85.3 Å². The van der Waals surface area contributed by atoms with Gasteiger partial charge in [0.25, 0.3) is 17.7 Å². The Morgan fingerprint density at radius 2 is 1.55 bits per heavy atom. The largest absolute Gasteiger partial charge is 0.444 e. The van der Waals surface area contributed by atoms with Gasteiger partial charge in [-0.2, -0.15) is 0 Å². The summed E-state index contributed by atoms with van der Waals surface area (Å²) in [6.07, 6.45) is -2.12. The predicted molar refractivity (Wildman–Crippen MR) is 243 cm³/mol. The Morgan fingerprint density at radius 3 is 2.17 bits per heavy atom. The molecule has 0 spiro atoms. The summed E-state index contributed by atoms with van der Waals surface area (Å²) >= 11 is 0. The number of aryl methyl sites for hydroxylation is 1. The van der Waals surface area contributed by atoms with E-state index in [1.54, 1.807) is 82.3 Å². The first-order chi connectivity index (χ1) is 31.2. The molecule has 2 heterocycles. The maximum Gasteiger partial charge on any atom is 0.407 e. The fourth-order valence-corrected chi connectivity index (χ4v) is 9.64. The van der Waals surface area contributed by atoms with Crippen molar-refractivity contribution in [3.8, 4) is 0 Å². The van der Waals surface area contributed by atoms with Crippen LogP contribution in [0.3, 0.4) is 0 Å². The lowest BCUT2D eigenvalue weighted by Gasteiger charge is -2.45. The number of aliphatic hydroxyl groups is 1. The third kappa shape index (κ3) is 11.5. The molecular formula is C48H56FN7O9S. The van der Waals surface area contributed by atoms with Crippen LogP contribution in [-0.4, -0.2) is 89.6 Å². The smallest absolute Gasteiger partial charge is 0.407 e. The van der Waals surface area contributed by atoms with Crippen molar-refractivity contribution in [2.24, 2.45) is 11.5 Å². The fraction of sp³-hybridized carbons (Fsp3) is 0.354. The zero-order chi connectivity index (χ0) is 48.0. The van der Waals surface area contributed by atoms with E-state index in [1.165, 1.54) is 53.5 Å². The van der Waals surface area contributed by atoms with Crippen LogP contribution in [0.5, 0.6) is 0 Å². The van der Waals surface area contributed by atoms with Gasteiger partial charge in [0, 0.05) is 25.2 Å². The van der Waals surface area contributed by atoms with E-state index >= 15 is 18.0 Å². The number of nitrogens with two attached hydrogens (primary N) is 2. The van der Waals surface area contributed by atoms with Crippen LogP contribution >= 0.6 is 0 Å². The number of hydrogen-bond acceptors (Lipinski definition) is 11. The van der Waals surface area contributed by atoms with Gasteiger partial charge in [0.1, 0.15) is 27.6 Å². The van der Waals surface area contributed by atoms with E-state index in [9.17, 15) is 23.9 Å². The maximum atomic E-state index is 15.2. The zero-order valence-electron chi connectivity index (χ0n) is 37.3. The molecule has 350 valence electrons. The van der Waals surface area contributed by atoms with E-state index in [1.807, 2.05) is 0 Å². The highest BCUT2D eigenvalue weighted by atomic mass is 32.2. The molecule has 4 aromatic carbocycles. The van der Waals surface area contributed by atoms with Crippen LogP contribution in [0, 0.1) is 12.7 Å². The number of alkyl carbamates (subject to hydrolysis) is 1. The molecular weight excluding hydrogens is 870 g/mol. The number of amides is 5. The van der Waals surface area contributed by atoms with Crippen LogP contribution in [0.25, 0.3) is 0 Å². The summed E-state index contributed by atoms with van der Waals surface area (Å²) in [5, 5.41) is 22.2. The molecule has 2 aliphatic rings. The molecule has 2 aliphatic heterocycles. The number of nitrogens with one attached hydrogen (secondary N) is 3. The SMILES string of the molecule is Cc1ccc(S(=O)(=O)C2=C(C(=O)N[C@@H](CCCCNC(=O)OC(C)(C)C)C(O)C(=O)NCc3ccc(C(N)=O)cc3)N3C(=O)C(N)(Cc4ccc(F)cc4)CCN3C2c2ccccc2)cc1. The van der Waals surface area contributed by atoms with Gasteiger partial charge in [0.2, 0.25) is 15.7 Å².